The number of aromatic nitrogens is 3. The van der Waals surface area contributed by atoms with Gasteiger partial charge in [-0.05, 0) is 26.0 Å². The van der Waals surface area contributed by atoms with E-state index in [4.69, 9.17) is 10.5 Å². The molecule has 7 heteroatoms. The van der Waals surface area contributed by atoms with Crippen LogP contribution in [0.3, 0.4) is 0 Å². The van der Waals surface area contributed by atoms with Gasteiger partial charge in [-0.3, -0.25) is 9.89 Å². The number of nitrogens with two attached hydrogens (primary N) is 1. The molecule has 1 heterocycles. The van der Waals surface area contributed by atoms with E-state index in [0.29, 0.717) is 24.5 Å². The van der Waals surface area contributed by atoms with Gasteiger partial charge in [-0.25, -0.2) is 4.98 Å². The summed E-state index contributed by atoms with van der Waals surface area (Å²) in [7, 11) is 0. The van der Waals surface area contributed by atoms with Crippen LogP contribution in [0.1, 0.15) is 33.0 Å². The van der Waals surface area contributed by atoms with Gasteiger partial charge in [0.05, 0.1) is 6.10 Å². The number of nitrogens with one attached hydrogen (secondary N) is 2. The van der Waals surface area contributed by atoms with E-state index in [0.717, 1.165) is 11.4 Å². The summed E-state index contributed by atoms with van der Waals surface area (Å²) in [5.41, 5.74) is 6.54. The Morgan fingerprint density at radius 1 is 1.48 bits per heavy atom. The molecule has 0 bridgehead atoms. The zero-order valence-electron chi connectivity index (χ0n) is 15.1. The maximum Gasteiger partial charge on any atom is 0.245 e. The van der Waals surface area contributed by atoms with Crippen LogP contribution in [-0.4, -0.2) is 39.3 Å². The minimum atomic E-state index is -0.954. The number of ether oxygens (including phenoxy) is 1. The summed E-state index contributed by atoms with van der Waals surface area (Å²) in [6.45, 7) is 8.35. The van der Waals surface area contributed by atoms with E-state index in [-0.39, 0.29) is 12.0 Å². The monoisotopic (exact) mass is 343 g/mol. The van der Waals surface area contributed by atoms with Gasteiger partial charge in [0, 0.05) is 29.7 Å². The molecular formula is C18H25N5O2. The predicted octanol–water partition coefficient (Wildman–Crippen LogP) is 2.25. The number of rotatable bonds is 5. The molecule has 1 aliphatic rings. The Hall–Kier alpha value is -2.25. The van der Waals surface area contributed by atoms with Gasteiger partial charge in [-0.15, -0.1) is 0 Å². The molecule has 0 aliphatic heterocycles. The largest absolute Gasteiger partial charge is 0.378 e. The maximum atomic E-state index is 12.8. The van der Waals surface area contributed by atoms with Crippen molar-refractivity contribution in [2.75, 3.05) is 11.9 Å². The van der Waals surface area contributed by atoms with Gasteiger partial charge in [0.1, 0.15) is 11.4 Å². The molecule has 1 fully saturated rings. The lowest BCUT2D eigenvalue weighted by molar-refractivity contribution is -0.166. The normalized spacial score (nSPS) is 24.6. The van der Waals surface area contributed by atoms with E-state index in [9.17, 15) is 4.79 Å². The smallest absolute Gasteiger partial charge is 0.245 e. The molecule has 4 N–H and O–H groups in total. The van der Waals surface area contributed by atoms with Crippen molar-refractivity contribution in [3.05, 3.63) is 30.1 Å². The van der Waals surface area contributed by atoms with E-state index in [2.05, 4.69) is 20.5 Å². The first-order valence-corrected chi connectivity index (χ1v) is 8.49. The van der Waals surface area contributed by atoms with Crippen molar-refractivity contribution in [3.63, 3.8) is 0 Å². The van der Waals surface area contributed by atoms with Crippen LogP contribution in [0.5, 0.6) is 0 Å². The molecule has 2 unspecified atom stereocenters. The number of aryl methyl sites for hydroxylation is 1. The lowest BCUT2D eigenvalue weighted by Gasteiger charge is -2.57. The van der Waals surface area contributed by atoms with Gasteiger partial charge in [0.2, 0.25) is 5.91 Å². The number of hydrogen-bond donors (Lipinski definition) is 3. The van der Waals surface area contributed by atoms with Crippen molar-refractivity contribution in [2.24, 2.45) is 11.1 Å². The number of hydrogen-bond acceptors (Lipinski definition) is 5. The van der Waals surface area contributed by atoms with Crippen LogP contribution >= 0.6 is 0 Å². The van der Waals surface area contributed by atoms with E-state index in [1.54, 1.807) is 0 Å². The molecular weight excluding hydrogens is 318 g/mol. The highest BCUT2D eigenvalue weighted by molar-refractivity contribution is 6.00. The average Bonchev–Trinajstić information content (AvgIpc) is 3.01. The number of H-pyrrole nitrogens is 1. The highest BCUT2D eigenvalue weighted by Crippen LogP contribution is 2.50. The number of carbonyl (C=O) groups excluding carboxylic acids is 1. The molecule has 1 aliphatic carbocycles. The van der Waals surface area contributed by atoms with Crippen molar-refractivity contribution in [1.29, 1.82) is 0 Å². The molecule has 25 heavy (non-hydrogen) atoms. The second-order valence-electron chi connectivity index (χ2n) is 7.12. The van der Waals surface area contributed by atoms with Gasteiger partial charge < -0.3 is 15.8 Å². The number of aromatic amines is 1. The molecule has 1 aromatic heterocycles. The van der Waals surface area contributed by atoms with E-state index >= 15 is 0 Å². The van der Waals surface area contributed by atoms with Crippen LogP contribution in [0.4, 0.5) is 5.69 Å². The molecule has 1 saturated carbocycles. The second-order valence-corrected chi connectivity index (χ2v) is 7.12. The fraction of sp³-hybridized carbons (Fsp3) is 0.500. The Kier molecular flexibility index (Phi) is 4.38. The molecule has 2 atom stereocenters. The second kappa shape index (κ2) is 6.24. The molecule has 1 amide bonds. The van der Waals surface area contributed by atoms with Gasteiger partial charge in [0.15, 0.2) is 5.82 Å². The summed E-state index contributed by atoms with van der Waals surface area (Å²) < 4.78 is 5.69. The Balaban J connectivity index is 1.76. The number of amides is 1. The Labute approximate surface area is 147 Å². The van der Waals surface area contributed by atoms with Crippen LogP contribution in [0.25, 0.3) is 11.4 Å². The van der Waals surface area contributed by atoms with Crippen molar-refractivity contribution in [3.8, 4) is 11.4 Å². The van der Waals surface area contributed by atoms with Crippen LogP contribution in [0, 0.1) is 12.3 Å². The zero-order valence-corrected chi connectivity index (χ0v) is 15.1. The van der Waals surface area contributed by atoms with Gasteiger partial charge in [-0.1, -0.05) is 26.0 Å². The molecule has 134 valence electrons. The number of anilines is 1. The average molecular weight is 343 g/mol. The summed E-state index contributed by atoms with van der Waals surface area (Å²) >= 11 is 0. The Bertz CT molecular complexity index is 785. The highest BCUT2D eigenvalue weighted by atomic mass is 16.5. The fourth-order valence-electron chi connectivity index (χ4n) is 3.27. The van der Waals surface area contributed by atoms with Crippen LogP contribution in [0.2, 0.25) is 0 Å². The third kappa shape index (κ3) is 2.94. The minimum absolute atomic E-state index is 0.00387. The molecule has 3 rings (SSSR count). The summed E-state index contributed by atoms with van der Waals surface area (Å²) in [6, 6.07) is 7.43. The van der Waals surface area contributed by atoms with Crippen molar-refractivity contribution in [2.45, 2.75) is 45.8 Å². The first-order valence-electron chi connectivity index (χ1n) is 8.49. The number of carbonyl (C=O) groups is 1. The van der Waals surface area contributed by atoms with Gasteiger partial charge in [0.25, 0.3) is 0 Å². The minimum Gasteiger partial charge on any atom is -0.378 e. The predicted molar refractivity (Wildman–Crippen MR) is 95.9 cm³/mol. The Morgan fingerprint density at radius 3 is 2.84 bits per heavy atom. The SMILES string of the molecule is CCOC1CC(N)(C(=O)Nc2cccc(-c3n[nH]c(C)n3)c2)C1(C)C. The molecule has 0 saturated heterocycles. The van der Waals surface area contributed by atoms with Crippen molar-refractivity contribution >= 4 is 11.6 Å². The molecule has 0 spiro atoms. The summed E-state index contributed by atoms with van der Waals surface area (Å²) in [5.74, 6) is 1.14. The first-order chi connectivity index (χ1) is 11.8. The zero-order chi connectivity index (χ0) is 18.2. The number of nitrogens with zero attached hydrogens (tertiary/aromatic N) is 2. The third-order valence-corrected chi connectivity index (χ3v) is 5.21. The summed E-state index contributed by atoms with van der Waals surface area (Å²) in [5, 5.41) is 9.90. The molecule has 1 aromatic carbocycles. The highest BCUT2D eigenvalue weighted by Gasteiger charge is 2.62. The fourth-order valence-corrected chi connectivity index (χ4v) is 3.27. The van der Waals surface area contributed by atoms with Crippen LogP contribution < -0.4 is 11.1 Å². The van der Waals surface area contributed by atoms with Gasteiger partial charge >= 0.3 is 0 Å². The standard InChI is InChI=1S/C18H25N5O2/c1-5-25-14-10-18(19,17(14,3)4)16(24)21-13-8-6-7-12(9-13)15-20-11(2)22-23-15/h6-9,14H,5,10,19H2,1-4H3,(H,21,24)(H,20,22,23). The molecule has 0 radical (unpaired) electrons. The van der Waals surface area contributed by atoms with Crippen molar-refractivity contribution in [1.82, 2.24) is 15.2 Å². The molecule has 2 aromatic rings. The van der Waals surface area contributed by atoms with Crippen molar-refractivity contribution < 1.29 is 9.53 Å². The Morgan fingerprint density at radius 2 is 2.24 bits per heavy atom. The maximum absolute atomic E-state index is 12.8. The van der Waals surface area contributed by atoms with E-state index < -0.39 is 11.0 Å². The lowest BCUT2D eigenvalue weighted by atomic mass is 9.54. The first kappa shape index (κ1) is 17.6. The lowest BCUT2D eigenvalue weighted by Crippen LogP contribution is -2.74. The summed E-state index contributed by atoms with van der Waals surface area (Å²) in [4.78, 5) is 17.1. The van der Waals surface area contributed by atoms with Gasteiger partial charge in [-0.2, -0.15) is 5.10 Å². The summed E-state index contributed by atoms with van der Waals surface area (Å²) in [6.07, 6.45) is 0.509. The quantitative estimate of drug-likeness (QED) is 0.772. The molecule has 7 nitrogen and oxygen atoms in total. The van der Waals surface area contributed by atoms with Crippen LogP contribution in [0.15, 0.2) is 24.3 Å². The number of benzene rings is 1. The van der Waals surface area contributed by atoms with Crippen LogP contribution in [-0.2, 0) is 9.53 Å². The van der Waals surface area contributed by atoms with E-state index in [1.807, 2.05) is 52.0 Å². The topological polar surface area (TPSA) is 106 Å². The van der Waals surface area contributed by atoms with E-state index in [1.165, 1.54) is 0 Å². The third-order valence-electron chi connectivity index (χ3n) is 5.21.